The van der Waals surface area contributed by atoms with Gasteiger partial charge in [0.05, 0.1) is 0 Å². The second-order valence-corrected chi connectivity index (χ2v) is 21.6. The minimum atomic E-state index is -0.783. The summed E-state index contributed by atoms with van der Waals surface area (Å²) in [6, 6.07) is 0. The SMILES string of the molecule is CC/C=C\C/C=C\C/C=C\C/C=C\C/C=C\C/C=C\C/C=C\C/C=C\C/C=C\CCCCCCCCCC(=O)OCC(COC(=O)CCCCCCCCC)OC(=O)CCCCCCCCCCC/C=C\CCCCCCCC. The molecule has 0 saturated heterocycles. The van der Waals surface area contributed by atoms with E-state index in [4.69, 9.17) is 14.2 Å². The molecule has 0 saturated carbocycles. The molecule has 1 atom stereocenters. The fraction of sp³-hybridized carbons (Fsp3) is 0.685. The molecule has 0 fully saturated rings. The predicted molar refractivity (Wildman–Crippen MR) is 343 cm³/mol. The van der Waals surface area contributed by atoms with Crippen molar-refractivity contribution >= 4 is 17.9 Å². The van der Waals surface area contributed by atoms with Gasteiger partial charge in [-0.3, -0.25) is 14.4 Å². The lowest BCUT2D eigenvalue weighted by molar-refractivity contribution is -0.167. The summed E-state index contributed by atoms with van der Waals surface area (Å²) in [5, 5.41) is 0. The van der Waals surface area contributed by atoms with Gasteiger partial charge in [-0.1, -0.05) is 290 Å². The first kappa shape index (κ1) is 74.8. The van der Waals surface area contributed by atoms with Gasteiger partial charge in [-0.05, 0) is 116 Å². The van der Waals surface area contributed by atoms with E-state index in [0.717, 1.165) is 122 Å². The van der Waals surface area contributed by atoms with Crippen molar-refractivity contribution in [3.8, 4) is 0 Å². The molecule has 0 heterocycles. The standard InChI is InChI=1S/C73H122O6/c1-4-7-10-13-16-18-20-22-24-26-28-29-30-31-32-33-34-35-36-37-38-39-40-41-42-43-45-46-48-50-52-54-57-60-63-66-72(75)78-69-70(68-77-71(74)65-62-59-56-15-12-9-6-3)79-73(76)67-64-61-58-55-53-51-49-47-44-27-25-23-21-19-17-14-11-8-5-2/h7,10,16,18,22-25,28-29,31-32,34-35,37-38,40-41,43,45,70H,4-6,8-9,11-15,17,19-21,26-27,30,33,36,39,42,44,46-69H2,1-3H3/b10-7-,18-16-,24-22-,25-23-,29-28-,32-31-,35-34-,38-37-,41-40-,45-43-. The minimum absolute atomic E-state index is 0.0815. The summed E-state index contributed by atoms with van der Waals surface area (Å²) in [6.45, 7) is 6.48. The maximum atomic E-state index is 12.9. The van der Waals surface area contributed by atoms with Gasteiger partial charge < -0.3 is 14.2 Å². The second-order valence-electron chi connectivity index (χ2n) is 21.6. The Morgan fingerprint density at radius 2 is 0.494 bits per heavy atom. The van der Waals surface area contributed by atoms with E-state index in [1.807, 2.05) is 0 Å². The Morgan fingerprint density at radius 1 is 0.266 bits per heavy atom. The molecule has 0 N–H and O–H groups in total. The summed E-state index contributed by atoms with van der Waals surface area (Å²) < 4.78 is 16.8. The molecule has 0 aromatic rings. The van der Waals surface area contributed by atoms with E-state index in [1.54, 1.807) is 0 Å². The van der Waals surface area contributed by atoms with Gasteiger partial charge in [0.2, 0.25) is 0 Å². The average Bonchev–Trinajstić information content (AvgIpc) is 3.45. The van der Waals surface area contributed by atoms with E-state index in [1.165, 1.54) is 141 Å². The number of ether oxygens (including phenoxy) is 3. The van der Waals surface area contributed by atoms with Gasteiger partial charge in [0.25, 0.3) is 0 Å². The smallest absolute Gasteiger partial charge is 0.306 e. The Balaban J connectivity index is 4.14. The van der Waals surface area contributed by atoms with Crippen LogP contribution in [0.1, 0.15) is 303 Å². The van der Waals surface area contributed by atoms with E-state index in [-0.39, 0.29) is 31.1 Å². The molecule has 0 radical (unpaired) electrons. The summed E-state index contributed by atoms with van der Waals surface area (Å²) in [4.78, 5) is 38.1. The molecule has 0 aliphatic carbocycles. The normalized spacial score (nSPS) is 12.9. The van der Waals surface area contributed by atoms with E-state index in [0.29, 0.717) is 19.3 Å². The topological polar surface area (TPSA) is 78.9 Å². The molecule has 450 valence electrons. The molecule has 1 unspecified atom stereocenters. The van der Waals surface area contributed by atoms with Crippen molar-refractivity contribution in [1.82, 2.24) is 0 Å². The van der Waals surface area contributed by atoms with Crippen molar-refractivity contribution < 1.29 is 28.6 Å². The number of carbonyl (C=O) groups is 3. The largest absolute Gasteiger partial charge is 0.462 e. The summed E-state index contributed by atoms with van der Waals surface area (Å²) in [5.74, 6) is -0.897. The van der Waals surface area contributed by atoms with E-state index >= 15 is 0 Å². The third kappa shape index (κ3) is 64.5. The number of unbranched alkanes of at least 4 members (excludes halogenated alkanes) is 28. The monoisotopic (exact) mass is 1090 g/mol. The Labute approximate surface area is 488 Å². The lowest BCUT2D eigenvalue weighted by atomic mass is 10.1. The molecular weight excluding hydrogens is 973 g/mol. The molecule has 0 spiro atoms. The zero-order valence-corrected chi connectivity index (χ0v) is 51.6. The Kier molecular flexibility index (Phi) is 62.8. The molecule has 0 rings (SSSR count). The first-order chi connectivity index (χ1) is 39.0. The highest BCUT2D eigenvalue weighted by Gasteiger charge is 2.19. The van der Waals surface area contributed by atoms with Crippen LogP contribution in [0.25, 0.3) is 0 Å². The van der Waals surface area contributed by atoms with Gasteiger partial charge in [-0.2, -0.15) is 0 Å². The average molecular weight is 1100 g/mol. The maximum Gasteiger partial charge on any atom is 0.306 e. The number of hydrogen-bond acceptors (Lipinski definition) is 6. The number of carbonyl (C=O) groups excluding carboxylic acids is 3. The molecule has 6 heteroatoms. The summed E-state index contributed by atoms with van der Waals surface area (Å²) in [6.07, 6.45) is 92.3. The minimum Gasteiger partial charge on any atom is -0.462 e. The molecular formula is C73H122O6. The molecule has 0 aliphatic rings. The van der Waals surface area contributed by atoms with Gasteiger partial charge in [-0.15, -0.1) is 0 Å². The van der Waals surface area contributed by atoms with Gasteiger partial charge in [0, 0.05) is 19.3 Å². The number of rotatable bonds is 59. The summed E-state index contributed by atoms with van der Waals surface area (Å²) in [7, 11) is 0. The number of allylic oxidation sites excluding steroid dienone is 20. The third-order valence-corrected chi connectivity index (χ3v) is 14.0. The fourth-order valence-corrected chi connectivity index (χ4v) is 9.02. The Morgan fingerprint density at radius 3 is 0.785 bits per heavy atom. The van der Waals surface area contributed by atoms with Crippen molar-refractivity contribution in [1.29, 1.82) is 0 Å². The van der Waals surface area contributed by atoms with Crippen LogP contribution in [0.5, 0.6) is 0 Å². The van der Waals surface area contributed by atoms with Crippen molar-refractivity contribution in [2.24, 2.45) is 0 Å². The van der Waals surface area contributed by atoms with Crippen LogP contribution >= 0.6 is 0 Å². The van der Waals surface area contributed by atoms with Crippen LogP contribution in [0.15, 0.2) is 122 Å². The predicted octanol–water partition coefficient (Wildman–Crippen LogP) is 22.8. The highest BCUT2D eigenvalue weighted by atomic mass is 16.6. The van der Waals surface area contributed by atoms with Crippen LogP contribution in [-0.4, -0.2) is 37.2 Å². The highest BCUT2D eigenvalue weighted by Crippen LogP contribution is 2.16. The number of hydrogen-bond donors (Lipinski definition) is 0. The lowest BCUT2D eigenvalue weighted by Crippen LogP contribution is -2.30. The summed E-state index contributed by atoms with van der Waals surface area (Å²) in [5.41, 5.74) is 0. The van der Waals surface area contributed by atoms with Crippen LogP contribution in [-0.2, 0) is 28.6 Å². The van der Waals surface area contributed by atoms with Crippen LogP contribution in [0.4, 0.5) is 0 Å². The Bertz CT molecular complexity index is 1640. The van der Waals surface area contributed by atoms with Crippen molar-refractivity contribution in [2.75, 3.05) is 13.2 Å². The molecule has 0 bridgehead atoms. The summed E-state index contributed by atoms with van der Waals surface area (Å²) >= 11 is 0. The van der Waals surface area contributed by atoms with Gasteiger partial charge >= 0.3 is 17.9 Å². The first-order valence-corrected chi connectivity index (χ1v) is 33.0. The van der Waals surface area contributed by atoms with Crippen LogP contribution in [0.3, 0.4) is 0 Å². The van der Waals surface area contributed by atoms with Crippen LogP contribution < -0.4 is 0 Å². The highest BCUT2D eigenvalue weighted by molar-refractivity contribution is 5.71. The zero-order valence-electron chi connectivity index (χ0n) is 51.6. The molecule has 0 aromatic heterocycles. The molecule has 0 aromatic carbocycles. The second kappa shape index (κ2) is 66.3. The third-order valence-electron chi connectivity index (χ3n) is 14.0. The van der Waals surface area contributed by atoms with Gasteiger partial charge in [-0.25, -0.2) is 0 Å². The maximum absolute atomic E-state index is 12.9. The van der Waals surface area contributed by atoms with E-state index in [2.05, 4.69) is 142 Å². The molecule has 79 heavy (non-hydrogen) atoms. The van der Waals surface area contributed by atoms with Crippen LogP contribution in [0.2, 0.25) is 0 Å². The van der Waals surface area contributed by atoms with Crippen LogP contribution in [0, 0.1) is 0 Å². The van der Waals surface area contributed by atoms with Gasteiger partial charge in [0.15, 0.2) is 6.10 Å². The van der Waals surface area contributed by atoms with Crippen molar-refractivity contribution in [3.05, 3.63) is 122 Å². The van der Waals surface area contributed by atoms with Crippen molar-refractivity contribution in [3.63, 3.8) is 0 Å². The van der Waals surface area contributed by atoms with E-state index < -0.39 is 6.10 Å². The zero-order chi connectivity index (χ0) is 57.1. The molecule has 0 amide bonds. The van der Waals surface area contributed by atoms with Gasteiger partial charge in [0.1, 0.15) is 13.2 Å². The molecule has 6 nitrogen and oxygen atoms in total. The lowest BCUT2D eigenvalue weighted by Gasteiger charge is -2.18. The van der Waals surface area contributed by atoms with E-state index in [9.17, 15) is 14.4 Å². The Hall–Kier alpha value is -4.19. The quantitative estimate of drug-likeness (QED) is 0.0261. The van der Waals surface area contributed by atoms with Crippen molar-refractivity contribution in [2.45, 2.75) is 309 Å². The number of esters is 3. The fourth-order valence-electron chi connectivity index (χ4n) is 9.02. The first-order valence-electron chi connectivity index (χ1n) is 33.0. The molecule has 0 aliphatic heterocycles.